The van der Waals surface area contributed by atoms with Gasteiger partial charge < -0.3 is 9.64 Å². The summed E-state index contributed by atoms with van der Waals surface area (Å²) in [5.74, 6) is 1.00. The molecule has 5 heteroatoms. The number of hydrogen-bond acceptors (Lipinski definition) is 4. The second kappa shape index (κ2) is 9.18. The lowest BCUT2D eigenvalue weighted by molar-refractivity contribution is 0.288. The summed E-state index contributed by atoms with van der Waals surface area (Å²) in [6.07, 6.45) is 5.91. The maximum Gasteiger partial charge on any atom is 0.215 e. The van der Waals surface area contributed by atoms with Crippen molar-refractivity contribution in [2.24, 2.45) is 0 Å². The zero-order chi connectivity index (χ0) is 19.1. The number of benzene rings is 1. The fourth-order valence-electron chi connectivity index (χ4n) is 3.19. The van der Waals surface area contributed by atoms with Gasteiger partial charge in [0.25, 0.3) is 0 Å². The minimum Gasteiger partial charge on any atom is -0.473 e. The Hall–Kier alpha value is -2.87. The van der Waals surface area contributed by atoms with Crippen LogP contribution in [0.15, 0.2) is 48.0 Å². The van der Waals surface area contributed by atoms with E-state index in [1.54, 1.807) is 18.2 Å². The van der Waals surface area contributed by atoms with Gasteiger partial charge in [0.05, 0.1) is 12.5 Å². The molecule has 1 aromatic heterocycles. The Labute approximate surface area is 159 Å². The molecule has 1 aromatic carbocycles. The molecule has 1 aliphatic heterocycles. The third-order valence-corrected chi connectivity index (χ3v) is 4.68. The van der Waals surface area contributed by atoms with Crippen LogP contribution in [0.3, 0.4) is 0 Å². The van der Waals surface area contributed by atoms with Gasteiger partial charge in [-0.25, -0.2) is 4.39 Å². The van der Waals surface area contributed by atoms with E-state index in [-0.39, 0.29) is 18.8 Å². The third kappa shape index (κ3) is 5.07. The molecule has 0 radical (unpaired) electrons. The lowest BCUT2D eigenvalue weighted by Gasteiger charge is -2.27. The molecule has 2 heterocycles. The van der Waals surface area contributed by atoms with Gasteiger partial charge in [0, 0.05) is 24.7 Å². The maximum absolute atomic E-state index is 14.1. The van der Waals surface area contributed by atoms with E-state index in [0.717, 1.165) is 25.3 Å². The maximum atomic E-state index is 14.1. The predicted molar refractivity (Wildman–Crippen MR) is 104 cm³/mol. The standard InChI is InChI=1S/C22H24FN3O/c1-2-4-17-10-13-26(14-11-17)21-5-3-6-22(25-21)27-16-19-8-7-18(9-12-24)15-20(19)23/h3,5-8,10,15H,2,4,9,11,13-14,16H2,1H3. The van der Waals surface area contributed by atoms with Crippen LogP contribution in [0.5, 0.6) is 5.88 Å². The number of aromatic nitrogens is 1. The molecule has 0 bridgehead atoms. The molecular weight excluding hydrogens is 341 g/mol. The molecule has 140 valence electrons. The summed E-state index contributed by atoms with van der Waals surface area (Å²) in [5.41, 5.74) is 2.64. The normalized spacial score (nSPS) is 13.8. The molecule has 0 unspecified atom stereocenters. The van der Waals surface area contributed by atoms with Crippen molar-refractivity contribution in [1.29, 1.82) is 5.26 Å². The number of ether oxygens (including phenoxy) is 1. The van der Waals surface area contributed by atoms with Crippen molar-refractivity contribution in [2.45, 2.75) is 39.2 Å². The number of rotatable bonds is 7. The summed E-state index contributed by atoms with van der Waals surface area (Å²) < 4.78 is 19.8. The second-order valence-electron chi connectivity index (χ2n) is 6.69. The molecule has 4 nitrogen and oxygen atoms in total. The fourth-order valence-corrected chi connectivity index (χ4v) is 3.19. The van der Waals surface area contributed by atoms with Crippen molar-refractivity contribution < 1.29 is 9.13 Å². The average Bonchev–Trinajstić information content (AvgIpc) is 2.69. The average molecular weight is 365 g/mol. The highest BCUT2D eigenvalue weighted by molar-refractivity contribution is 5.43. The highest BCUT2D eigenvalue weighted by atomic mass is 19.1. The van der Waals surface area contributed by atoms with Gasteiger partial charge in [-0.15, -0.1) is 0 Å². The first-order chi connectivity index (χ1) is 13.2. The minimum atomic E-state index is -0.358. The Bertz CT molecular complexity index is 857. The van der Waals surface area contributed by atoms with Crippen LogP contribution in [0, 0.1) is 17.1 Å². The molecule has 2 aromatic rings. The Morgan fingerprint density at radius 3 is 2.89 bits per heavy atom. The van der Waals surface area contributed by atoms with Crippen LogP contribution < -0.4 is 9.64 Å². The molecule has 0 aliphatic carbocycles. The Morgan fingerprint density at radius 1 is 1.30 bits per heavy atom. The van der Waals surface area contributed by atoms with E-state index in [2.05, 4.69) is 22.9 Å². The zero-order valence-corrected chi connectivity index (χ0v) is 15.6. The molecule has 0 N–H and O–H groups in total. The Kier molecular flexibility index (Phi) is 6.43. The third-order valence-electron chi connectivity index (χ3n) is 4.68. The molecule has 3 rings (SSSR count). The van der Waals surface area contributed by atoms with Crippen LogP contribution in [0.1, 0.15) is 37.3 Å². The molecule has 0 fully saturated rings. The van der Waals surface area contributed by atoms with Crippen molar-refractivity contribution in [2.75, 3.05) is 18.0 Å². The molecule has 0 spiro atoms. The van der Waals surface area contributed by atoms with E-state index in [1.807, 2.05) is 18.2 Å². The Morgan fingerprint density at radius 2 is 2.19 bits per heavy atom. The summed E-state index contributed by atoms with van der Waals surface area (Å²) in [6.45, 7) is 4.13. The smallest absolute Gasteiger partial charge is 0.215 e. The topological polar surface area (TPSA) is 49.1 Å². The molecule has 1 aliphatic rings. The largest absolute Gasteiger partial charge is 0.473 e. The lowest BCUT2D eigenvalue weighted by Crippen LogP contribution is -2.29. The lowest BCUT2D eigenvalue weighted by atomic mass is 10.0. The predicted octanol–water partition coefficient (Wildman–Crippen LogP) is 4.80. The van der Waals surface area contributed by atoms with Crippen LogP contribution in [-0.2, 0) is 13.0 Å². The van der Waals surface area contributed by atoms with E-state index in [1.165, 1.54) is 24.5 Å². The van der Waals surface area contributed by atoms with Gasteiger partial charge in [-0.05, 0) is 30.5 Å². The summed E-state index contributed by atoms with van der Waals surface area (Å²) in [5, 5.41) is 8.69. The summed E-state index contributed by atoms with van der Waals surface area (Å²) >= 11 is 0. The first-order valence-corrected chi connectivity index (χ1v) is 9.36. The van der Waals surface area contributed by atoms with Crippen molar-refractivity contribution in [3.63, 3.8) is 0 Å². The number of nitriles is 1. The first kappa shape index (κ1) is 18.9. The summed E-state index contributed by atoms with van der Waals surface area (Å²) in [6, 6.07) is 12.5. The van der Waals surface area contributed by atoms with Gasteiger partial charge in [0.1, 0.15) is 18.2 Å². The summed E-state index contributed by atoms with van der Waals surface area (Å²) in [4.78, 5) is 6.79. The molecule has 0 saturated carbocycles. The van der Waals surface area contributed by atoms with Crippen molar-refractivity contribution in [3.05, 3.63) is 65.0 Å². The molecule has 27 heavy (non-hydrogen) atoms. The van der Waals surface area contributed by atoms with Crippen LogP contribution in [0.25, 0.3) is 0 Å². The fraction of sp³-hybridized carbons (Fsp3) is 0.364. The number of hydrogen-bond donors (Lipinski definition) is 0. The van der Waals surface area contributed by atoms with Crippen molar-refractivity contribution in [1.82, 2.24) is 4.98 Å². The van der Waals surface area contributed by atoms with E-state index >= 15 is 0 Å². The van der Waals surface area contributed by atoms with E-state index < -0.39 is 0 Å². The number of halogens is 1. The van der Waals surface area contributed by atoms with Crippen molar-refractivity contribution in [3.8, 4) is 11.9 Å². The molecule has 0 amide bonds. The van der Waals surface area contributed by atoms with E-state index in [4.69, 9.17) is 10.00 Å². The highest BCUT2D eigenvalue weighted by Crippen LogP contribution is 2.23. The number of pyridine rings is 1. The van der Waals surface area contributed by atoms with Crippen LogP contribution in [-0.4, -0.2) is 18.1 Å². The minimum absolute atomic E-state index is 0.107. The quantitative estimate of drug-likeness (QED) is 0.661. The SMILES string of the molecule is CCCC1=CCN(c2cccc(OCc3ccc(CC#N)cc3F)n2)CC1. The van der Waals surface area contributed by atoms with Gasteiger partial charge in [-0.1, -0.05) is 43.2 Å². The second-order valence-corrected chi connectivity index (χ2v) is 6.69. The molecule has 0 atom stereocenters. The van der Waals surface area contributed by atoms with Gasteiger partial charge in [0.15, 0.2) is 0 Å². The monoisotopic (exact) mass is 365 g/mol. The van der Waals surface area contributed by atoms with E-state index in [9.17, 15) is 4.39 Å². The zero-order valence-electron chi connectivity index (χ0n) is 15.6. The van der Waals surface area contributed by atoms with Gasteiger partial charge in [0.2, 0.25) is 5.88 Å². The van der Waals surface area contributed by atoms with Gasteiger partial charge in [-0.2, -0.15) is 10.2 Å². The first-order valence-electron chi connectivity index (χ1n) is 9.36. The van der Waals surface area contributed by atoms with Crippen LogP contribution in [0.4, 0.5) is 10.2 Å². The van der Waals surface area contributed by atoms with Gasteiger partial charge >= 0.3 is 0 Å². The van der Waals surface area contributed by atoms with E-state index in [0.29, 0.717) is 17.0 Å². The highest BCUT2D eigenvalue weighted by Gasteiger charge is 2.14. The molecular formula is C22H24FN3O. The molecule has 0 saturated heterocycles. The van der Waals surface area contributed by atoms with Crippen LogP contribution in [0.2, 0.25) is 0 Å². The van der Waals surface area contributed by atoms with Crippen molar-refractivity contribution >= 4 is 5.82 Å². The number of nitrogens with zero attached hydrogens (tertiary/aromatic N) is 3. The Balaban J connectivity index is 1.62. The van der Waals surface area contributed by atoms with Crippen LogP contribution >= 0.6 is 0 Å². The van der Waals surface area contributed by atoms with Gasteiger partial charge in [-0.3, -0.25) is 0 Å². The summed E-state index contributed by atoms with van der Waals surface area (Å²) in [7, 11) is 0. The number of anilines is 1.